The highest BCUT2D eigenvalue weighted by Gasteiger charge is 2.15. The van der Waals surface area contributed by atoms with Crippen LogP contribution in [0.1, 0.15) is 9.67 Å². The quantitative estimate of drug-likeness (QED) is 0.526. The maximum absolute atomic E-state index is 11.6. The number of carbonyl (C=O) groups is 1. The number of nitrogens with zero attached hydrogens (tertiary/aromatic N) is 2. The minimum atomic E-state index is -0.394. The number of esters is 1. The lowest BCUT2D eigenvalue weighted by Gasteiger charge is -1.95. The number of hydrogen-bond acceptors (Lipinski definition) is 5. The van der Waals surface area contributed by atoms with Gasteiger partial charge in [-0.25, -0.2) is 9.78 Å². The van der Waals surface area contributed by atoms with Crippen molar-refractivity contribution in [3.8, 4) is 12.3 Å². The lowest BCUT2D eigenvalue weighted by Crippen LogP contribution is -2.02. The van der Waals surface area contributed by atoms with E-state index in [1.54, 1.807) is 17.4 Å². The number of carbonyl (C=O) groups excluding carboxylic acids is 1. The van der Waals surface area contributed by atoms with Crippen LogP contribution < -0.4 is 0 Å². The summed E-state index contributed by atoms with van der Waals surface area (Å²) in [6.45, 7) is -0.00458. The molecule has 0 aliphatic carbocycles. The highest BCUT2D eigenvalue weighted by atomic mass is 32.1. The first-order valence-electron chi connectivity index (χ1n) is 4.75. The van der Waals surface area contributed by atoms with E-state index in [1.165, 1.54) is 11.3 Å². The minimum absolute atomic E-state index is 0.00458. The number of thiazole rings is 1. The van der Waals surface area contributed by atoms with E-state index in [0.29, 0.717) is 4.88 Å². The number of hydrogen-bond donors (Lipinski definition) is 0. The molecule has 84 valence electrons. The molecular weight excluding hydrogens is 256 g/mol. The molecule has 0 radical (unpaired) electrons. The molecule has 4 nitrogen and oxygen atoms in total. The Hall–Kier alpha value is -1.84. The molecule has 0 aliphatic rings. The van der Waals surface area contributed by atoms with E-state index in [1.807, 2.05) is 16.0 Å². The van der Waals surface area contributed by atoms with Gasteiger partial charge in [0, 0.05) is 11.6 Å². The highest BCUT2D eigenvalue weighted by Crippen LogP contribution is 2.28. The van der Waals surface area contributed by atoms with E-state index in [9.17, 15) is 4.79 Å². The third-order valence-electron chi connectivity index (χ3n) is 2.23. The number of imidazole rings is 1. The third kappa shape index (κ3) is 1.60. The average Bonchev–Trinajstić information content (AvgIpc) is 2.95. The highest BCUT2D eigenvalue weighted by molar-refractivity contribution is 7.21. The average molecular weight is 262 g/mol. The van der Waals surface area contributed by atoms with Crippen LogP contribution in [0, 0.1) is 12.3 Å². The van der Waals surface area contributed by atoms with E-state index < -0.39 is 5.97 Å². The van der Waals surface area contributed by atoms with Crippen molar-refractivity contribution in [1.82, 2.24) is 9.38 Å². The van der Waals surface area contributed by atoms with Crippen molar-refractivity contribution in [2.45, 2.75) is 0 Å². The van der Waals surface area contributed by atoms with E-state index in [2.05, 4.69) is 10.9 Å². The molecule has 0 bridgehead atoms. The summed E-state index contributed by atoms with van der Waals surface area (Å²) < 4.78 is 6.82. The van der Waals surface area contributed by atoms with Crippen molar-refractivity contribution in [2.75, 3.05) is 6.61 Å². The second-order valence-electron chi connectivity index (χ2n) is 3.25. The standard InChI is InChI=1S/C11H6N2O2S2/c1-2-4-15-10(14)8-6-7-9(17-8)12-11-13(7)3-5-16-11/h1,3,5-6H,4H2. The minimum Gasteiger partial charge on any atom is -0.448 e. The summed E-state index contributed by atoms with van der Waals surface area (Å²) in [5.41, 5.74) is 0.930. The SMILES string of the molecule is C#CCOC(=O)c1cc2c(nc3sccn32)s1. The van der Waals surface area contributed by atoms with Gasteiger partial charge in [0.05, 0.1) is 5.52 Å². The second kappa shape index (κ2) is 3.87. The van der Waals surface area contributed by atoms with Gasteiger partial charge in [-0.3, -0.25) is 4.40 Å². The molecule has 0 spiro atoms. The molecule has 0 aromatic carbocycles. The summed E-state index contributed by atoms with van der Waals surface area (Å²) in [5, 5.41) is 1.95. The predicted molar refractivity (Wildman–Crippen MR) is 67.6 cm³/mol. The Morgan fingerprint density at radius 2 is 2.53 bits per heavy atom. The zero-order valence-electron chi connectivity index (χ0n) is 8.54. The fourth-order valence-electron chi connectivity index (χ4n) is 1.53. The van der Waals surface area contributed by atoms with Crippen LogP contribution in [0.25, 0.3) is 15.3 Å². The van der Waals surface area contributed by atoms with Crippen LogP contribution in [-0.4, -0.2) is 22.0 Å². The summed E-state index contributed by atoms with van der Waals surface area (Å²) in [5.74, 6) is 1.87. The van der Waals surface area contributed by atoms with Gasteiger partial charge in [-0.1, -0.05) is 5.92 Å². The topological polar surface area (TPSA) is 43.6 Å². The zero-order valence-corrected chi connectivity index (χ0v) is 10.2. The predicted octanol–water partition coefficient (Wildman–Crippen LogP) is 2.40. The Balaban J connectivity index is 2.04. The van der Waals surface area contributed by atoms with Crippen molar-refractivity contribution >= 4 is 44.0 Å². The van der Waals surface area contributed by atoms with Crippen LogP contribution in [0.15, 0.2) is 17.6 Å². The van der Waals surface area contributed by atoms with Gasteiger partial charge in [0.25, 0.3) is 0 Å². The van der Waals surface area contributed by atoms with Crippen molar-refractivity contribution in [2.24, 2.45) is 0 Å². The Labute approximate surface area is 104 Å². The van der Waals surface area contributed by atoms with E-state index in [-0.39, 0.29) is 6.61 Å². The maximum Gasteiger partial charge on any atom is 0.349 e. The van der Waals surface area contributed by atoms with Crippen molar-refractivity contribution in [1.29, 1.82) is 0 Å². The van der Waals surface area contributed by atoms with E-state index >= 15 is 0 Å². The van der Waals surface area contributed by atoms with E-state index in [0.717, 1.165) is 15.3 Å². The molecule has 0 aliphatic heterocycles. The molecule has 0 atom stereocenters. The summed E-state index contributed by atoms with van der Waals surface area (Å²) in [4.78, 5) is 18.3. The number of rotatable bonds is 2. The zero-order chi connectivity index (χ0) is 11.8. The van der Waals surface area contributed by atoms with Crippen LogP contribution in [0.3, 0.4) is 0 Å². The Kier molecular flexibility index (Phi) is 2.35. The van der Waals surface area contributed by atoms with Crippen molar-refractivity contribution < 1.29 is 9.53 Å². The van der Waals surface area contributed by atoms with Gasteiger partial charge < -0.3 is 4.74 Å². The first-order chi connectivity index (χ1) is 8.29. The van der Waals surface area contributed by atoms with Gasteiger partial charge in [-0.2, -0.15) is 0 Å². The molecule has 0 saturated carbocycles. The first kappa shape index (κ1) is 10.3. The van der Waals surface area contributed by atoms with Crippen LogP contribution in [0.5, 0.6) is 0 Å². The molecule has 6 heteroatoms. The molecule has 0 fully saturated rings. The van der Waals surface area contributed by atoms with Gasteiger partial charge in [0.1, 0.15) is 9.71 Å². The molecule has 0 unspecified atom stereocenters. The monoisotopic (exact) mass is 262 g/mol. The summed E-state index contributed by atoms with van der Waals surface area (Å²) >= 11 is 2.88. The number of aromatic nitrogens is 2. The van der Waals surface area contributed by atoms with E-state index in [4.69, 9.17) is 11.2 Å². The lowest BCUT2D eigenvalue weighted by molar-refractivity contribution is 0.0562. The molecule has 0 saturated heterocycles. The first-order valence-corrected chi connectivity index (χ1v) is 6.45. The van der Waals surface area contributed by atoms with Crippen LogP contribution in [0.4, 0.5) is 0 Å². The molecule has 3 aromatic heterocycles. The number of terminal acetylenes is 1. The van der Waals surface area contributed by atoms with Gasteiger partial charge in [0.2, 0.25) is 0 Å². The molecule has 3 rings (SSSR count). The van der Waals surface area contributed by atoms with Crippen molar-refractivity contribution in [3.05, 3.63) is 22.5 Å². The Bertz CT molecular complexity index is 744. The van der Waals surface area contributed by atoms with Crippen LogP contribution >= 0.6 is 22.7 Å². The lowest BCUT2D eigenvalue weighted by atomic mass is 10.4. The number of fused-ring (bicyclic) bond motifs is 3. The number of ether oxygens (including phenoxy) is 1. The summed E-state index contributed by atoms with van der Waals surface area (Å²) in [6.07, 6.45) is 6.96. The molecular formula is C11H6N2O2S2. The van der Waals surface area contributed by atoms with Crippen LogP contribution in [-0.2, 0) is 4.74 Å². The number of thiophene rings is 1. The normalized spacial score (nSPS) is 10.8. The molecule has 0 N–H and O–H groups in total. The van der Waals surface area contributed by atoms with Gasteiger partial charge >= 0.3 is 5.97 Å². The van der Waals surface area contributed by atoms with Crippen LogP contribution in [0.2, 0.25) is 0 Å². The molecule has 3 aromatic rings. The Morgan fingerprint density at radius 3 is 3.35 bits per heavy atom. The summed E-state index contributed by atoms with van der Waals surface area (Å²) in [7, 11) is 0. The van der Waals surface area contributed by atoms with Gasteiger partial charge in [-0.15, -0.1) is 29.1 Å². The molecule has 3 heterocycles. The van der Waals surface area contributed by atoms with Gasteiger partial charge in [-0.05, 0) is 6.07 Å². The summed E-state index contributed by atoms with van der Waals surface area (Å²) in [6, 6.07) is 1.78. The smallest absolute Gasteiger partial charge is 0.349 e. The third-order valence-corrected chi connectivity index (χ3v) is 3.98. The molecule has 0 amide bonds. The maximum atomic E-state index is 11.6. The van der Waals surface area contributed by atoms with Crippen molar-refractivity contribution in [3.63, 3.8) is 0 Å². The fourth-order valence-corrected chi connectivity index (χ4v) is 3.22. The molecule has 17 heavy (non-hydrogen) atoms. The Morgan fingerprint density at radius 1 is 1.65 bits per heavy atom. The van der Waals surface area contributed by atoms with Gasteiger partial charge in [0.15, 0.2) is 11.6 Å². The second-order valence-corrected chi connectivity index (χ2v) is 5.15. The fraction of sp³-hybridized carbons (Fsp3) is 0.0909. The largest absolute Gasteiger partial charge is 0.448 e.